The number of carbonyl (C=O) groups is 1. The fourth-order valence-electron chi connectivity index (χ4n) is 1.66. The molecule has 0 spiro atoms. The number of aryl methyl sites for hydroxylation is 1. The van der Waals surface area contributed by atoms with Crippen LogP contribution in [0.4, 0.5) is 5.69 Å². The predicted molar refractivity (Wildman–Crippen MR) is 54.0 cm³/mol. The first kappa shape index (κ1) is 9.21. The zero-order chi connectivity index (χ0) is 10.1. The predicted octanol–water partition coefficient (Wildman–Crippen LogP) is 1.62. The van der Waals surface area contributed by atoms with Crippen LogP contribution in [0.2, 0.25) is 0 Å². The van der Waals surface area contributed by atoms with Gasteiger partial charge in [0.1, 0.15) is 0 Å². The summed E-state index contributed by atoms with van der Waals surface area (Å²) in [5.41, 5.74) is 2.90. The van der Waals surface area contributed by atoms with E-state index in [0.29, 0.717) is 6.42 Å². The highest BCUT2D eigenvalue weighted by Crippen LogP contribution is 2.25. The molecule has 0 saturated heterocycles. The summed E-state index contributed by atoms with van der Waals surface area (Å²) in [6, 6.07) is 5.66. The Labute approximate surface area is 82.8 Å². The van der Waals surface area contributed by atoms with Crippen LogP contribution in [0.3, 0.4) is 0 Å². The molecule has 74 valence electrons. The van der Waals surface area contributed by atoms with E-state index in [4.69, 9.17) is 0 Å². The normalized spacial score (nSPS) is 17.1. The van der Waals surface area contributed by atoms with Crippen LogP contribution in [-0.4, -0.2) is 11.0 Å². The summed E-state index contributed by atoms with van der Waals surface area (Å²) in [5.74, 6) is 0.0716. The largest absolute Gasteiger partial charge is 0.389 e. The van der Waals surface area contributed by atoms with Crippen molar-refractivity contribution >= 4 is 11.6 Å². The Morgan fingerprint density at radius 2 is 2.21 bits per heavy atom. The van der Waals surface area contributed by atoms with Crippen LogP contribution in [0, 0.1) is 0 Å². The minimum atomic E-state index is -0.446. The Hall–Kier alpha value is -1.35. The van der Waals surface area contributed by atoms with Crippen molar-refractivity contribution in [3.8, 4) is 0 Å². The molecule has 0 bridgehead atoms. The van der Waals surface area contributed by atoms with Gasteiger partial charge in [-0.25, -0.2) is 0 Å². The van der Waals surface area contributed by atoms with Gasteiger partial charge in [-0.05, 0) is 30.5 Å². The number of rotatable bonds is 1. The molecule has 1 heterocycles. The average Bonchev–Trinajstić information content (AvgIpc) is 2.16. The molecule has 0 fully saturated rings. The highest BCUT2D eigenvalue weighted by Gasteiger charge is 2.15. The molecular weight excluding hydrogens is 178 g/mol. The van der Waals surface area contributed by atoms with Gasteiger partial charge in [0.05, 0.1) is 6.10 Å². The Morgan fingerprint density at radius 1 is 1.43 bits per heavy atom. The summed E-state index contributed by atoms with van der Waals surface area (Å²) >= 11 is 0. The highest BCUT2D eigenvalue weighted by molar-refractivity contribution is 5.93. The van der Waals surface area contributed by atoms with Crippen LogP contribution >= 0.6 is 0 Å². The fraction of sp³-hybridized carbons (Fsp3) is 0.364. The molecule has 0 unspecified atom stereocenters. The Morgan fingerprint density at radius 3 is 2.93 bits per heavy atom. The monoisotopic (exact) mass is 191 g/mol. The summed E-state index contributed by atoms with van der Waals surface area (Å²) in [5, 5.41) is 12.2. The van der Waals surface area contributed by atoms with Gasteiger partial charge in [0.25, 0.3) is 0 Å². The minimum Gasteiger partial charge on any atom is -0.389 e. The molecule has 1 aliphatic rings. The summed E-state index contributed by atoms with van der Waals surface area (Å²) in [4.78, 5) is 11.1. The highest BCUT2D eigenvalue weighted by atomic mass is 16.3. The minimum absolute atomic E-state index is 0.0716. The number of carbonyl (C=O) groups excluding carboxylic acids is 1. The van der Waals surface area contributed by atoms with Crippen molar-refractivity contribution in [2.45, 2.75) is 25.9 Å². The van der Waals surface area contributed by atoms with Crippen molar-refractivity contribution in [3.63, 3.8) is 0 Å². The molecule has 1 aromatic carbocycles. The van der Waals surface area contributed by atoms with Crippen molar-refractivity contribution < 1.29 is 9.90 Å². The Kier molecular flexibility index (Phi) is 2.25. The maximum Gasteiger partial charge on any atom is 0.224 e. The van der Waals surface area contributed by atoms with Crippen molar-refractivity contribution in [1.82, 2.24) is 0 Å². The molecule has 14 heavy (non-hydrogen) atoms. The summed E-state index contributed by atoms with van der Waals surface area (Å²) in [6.45, 7) is 1.74. The van der Waals surface area contributed by atoms with Gasteiger partial charge >= 0.3 is 0 Å². The van der Waals surface area contributed by atoms with Crippen LogP contribution in [0.5, 0.6) is 0 Å². The zero-order valence-electron chi connectivity index (χ0n) is 8.08. The molecule has 2 N–H and O–H groups in total. The van der Waals surface area contributed by atoms with Crippen molar-refractivity contribution in [3.05, 3.63) is 29.3 Å². The van der Waals surface area contributed by atoms with Gasteiger partial charge in [0.15, 0.2) is 0 Å². The molecule has 1 amide bonds. The van der Waals surface area contributed by atoms with Gasteiger partial charge in [-0.15, -0.1) is 0 Å². The Balaban J connectivity index is 2.36. The number of aliphatic hydroxyl groups is 1. The van der Waals surface area contributed by atoms with Gasteiger partial charge in [-0.2, -0.15) is 0 Å². The van der Waals surface area contributed by atoms with Gasteiger partial charge in [-0.3, -0.25) is 4.79 Å². The van der Waals surface area contributed by atoms with Crippen LogP contribution < -0.4 is 5.32 Å². The molecule has 0 aromatic heterocycles. The van der Waals surface area contributed by atoms with E-state index in [9.17, 15) is 9.90 Å². The van der Waals surface area contributed by atoms with E-state index in [-0.39, 0.29) is 5.91 Å². The topological polar surface area (TPSA) is 49.3 Å². The number of hydrogen-bond donors (Lipinski definition) is 2. The molecule has 3 heteroatoms. The molecule has 0 aliphatic carbocycles. The van der Waals surface area contributed by atoms with Crippen molar-refractivity contribution in [2.24, 2.45) is 0 Å². The maximum atomic E-state index is 11.1. The lowest BCUT2D eigenvalue weighted by Crippen LogP contribution is -2.19. The summed E-state index contributed by atoms with van der Waals surface area (Å²) in [6.07, 6.45) is 0.857. The molecule has 1 atom stereocenters. The maximum absolute atomic E-state index is 11.1. The third kappa shape index (κ3) is 1.63. The first-order valence-corrected chi connectivity index (χ1v) is 4.77. The second-order valence-electron chi connectivity index (χ2n) is 3.64. The second-order valence-corrected chi connectivity index (χ2v) is 3.64. The smallest absolute Gasteiger partial charge is 0.224 e. The van der Waals surface area contributed by atoms with Gasteiger partial charge in [0, 0.05) is 12.1 Å². The number of anilines is 1. The van der Waals surface area contributed by atoms with Crippen LogP contribution in [0.15, 0.2) is 18.2 Å². The third-order valence-electron chi connectivity index (χ3n) is 2.51. The summed E-state index contributed by atoms with van der Waals surface area (Å²) in [7, 11) is 0. The van der Waals surface area contributed by atoms with Gasteiger partial charge in [-0.1, -0.05) is 12.1 Å². The first-order valence-electron chi connectivity index (χ1n) is 4.77. The van der Waals surface area contributed by atoms with E-state index in [1.54, 1.807) is 6.92 Å². The van der Waals surface area contributed by atoms with E-state index in [1.165, 1.54) is 0 Å². The molecule has 1 aromatic rings. The number of aliphatic hydroxyl groups excluding tert-OH is 1. The summed E-state index contributed by atoms with van der Waals surface area (Å²) < 4.78 is 0. The van der Waals surface area contributed by atoms with Crippen LogP contribution in [0.25, 0.3) is 0 Å². The van der Waals surface area contributed by atoms with E-state index < -0.39 is 6.10 Å². The van der Waals surface area contributed by atoms with Crippen molar-refractivity contribution in [2.75, 3.05) is 5.32 Å². The zero-order valence-corrected chi connectivity index (χ0v) is 8.08. The van der Waals surface area contributed by atoms with Crippen LogP contribution in [0.1, 0.15) is 30.6 Å². The standard InChI is InChI=1S/C11H13NO2/c1-7(13)8-2-4-10-9(6-8)3-5-11(14)12-10/h2,4,6-7,13H,3,5H2,1H3,(H,12,14)/t7-/m0/s1. The van der Waals surface area contributed by atoms with Gasteiger partial charge in [0.2, 0.25) is 5.91 Å². The second kappa shape index (κ2) is 3.42. The lowest BCUT2D eigenvalue weighted by molar-refractivity contribution is -0.116. The number of amides is 1. The Bertz CT molecular complexity index is 372. The third-order valence-corrected chi connectivity index (χ3v) is 2.51. The van der Waals surface area contributed by atoms with E-state index in [0.717, 1.165) is 23.2 Å². The van der Waals surface area contributed by atoms with Crippen molar-refractivity contribution in [1.29, 1.82) is 0 Å². The van der Waals surface area contributed by atoms with Gasteiger partial charge < -0.3 is 10.4 Å². The lowest BCUT2D eigenvalue weighted by atomic mass is 9.99. The molecule has 2 rings (SSSR count). The fourth-order valence-corrected chi connectivity index (χ4v) is 1.66. The van der Waals surface area contributed by atoms with E-state index in [1.807, 2.05) is 18.2 Å². The van der Waals surface area contributed by atoms with Crippen LogP contribution in [-0.2, 0) is 11.2 Å². The number of nitrogens with one attached hydrogen (secondary N) is 1. The lowest BCUT2D eigenvalue weighted by Gasteiger charge is -2.18. The number of fused-ring (bicyclic) bond motifs is 1. The molecule has 1 aliphatic heterocycles. The number of benzene rings is 1. The molecule has 3 nitrogen and oxygen atoms in total. The average molecular weight is 191 g/mol. The van der Waals surface area contributed by atoms with E-state index >= 15 is 0 Å². The van der Waals surface area contributed by atoms with E-state index in [2.05, 4.69) is 5.32 Å². The first-order chi connectivity index (χ1) is 6.66. The molecule has 0 saturated carbocycles. The number of hydrogen-bond acceptors (Lipinski definition) is 2. The SMILES string of the molecule is C[C@H](O)c1ccc2c(c1)CCC(=O)N2. The molecular formula is C11H13NO2. The quantitative estimate of drug-likeness (QED) is 0.708. The molecule has 0 radical (unpaired) electrons.